The highest BCUT2D eigenvalue weighted by atomic mass is 16.3. The van der Waals surface area contributed by atoms with Crippen molar-refractivity contribution >= 4 is 5.91 Å². The summed E-state index contributed by atoms with van der Waals surface area (Å²) < 4.78 is 7.83. The van der Waals surface area contributed by atoms with Crippen LogP contribution in [0.5, 0.6) is 0 Å². The summed E-state index contributed by atoms with van der Waals surface area (Å²) in [5.41, 5.74) is 0. The van der Waals surface area contributed by atoms with Gasteiger partial charge in [-0.15, -0.1) is 10.2 Å². The van der Waals surface area contributed by atoms with Gasteiger partial charge in [-0.05, 0) is 44.2 Å². The number of rotatable bonds is 3. The molecule has 2 aromatic rings. The molecule has 0 bridgehead atoms. The van der Waals surface area contributed by atoms with Gasteiger partial charge >= 0.3 is 0 Å². The Balaban J connectivity index is 1.29. The molecule has 0 radical (unpaired) electrons. The third kappa shape index (κ3) is 2.85. The molecule has 2 aromatic heterocycles. The lowest BCUT2D eigenvalue weighted by molar-refractivity contribution is -0.134. The predicted octanol–water partition coefficient (Wildman–Crippen LogP) is 3.11. The van der Waals surface area contributed by atoms with E-state index in [-0.39, 0.29) is 11.8 Å². The molecular weight excluding hydrogens is 328 g/mol. The van der Waals surface area contributed by atoms with Gasteiger partial charge in [0, 0.05) is 43.8 Å². The molecule has 3 unspecified atom stereocenters. The van der Waals surface area contributed by atoms with Crippen LogP contribution >= 0.6 is 0 Å². The van der Waals surface area contributed by atoms with E-state index in [1.165, 1.54) is 19.3 Å². The van der Waals surface area contributed by atoms with E-state index in [0.717, 1.165) is 62.7 Å². The fourth-order valence-electron chi connectivity index (χ4n) is 4.72. The zero-order valence-electron chi connectivity index (χ0n) is 15.1. The number of furan rings is 1. The summed E-state index contributed by atoms with van der Waals surface area (Å²) in [6.45, 7) is 2.70. The highest BCUT2D eigenvalue weighted by Crippen LogP contribution is 2.49. The zero-order valence-corrected chi connectivity index (χ0v) is 15.1. The number of aryl methyl sites for hydroxylation is 1. The smallest absolute Gasteiger partial charge is 0.226 e. The molecule has 4 heterocycles. The number of carbonyl (C=O) groups excluding carboxylic acids is 1. The minimum absolute atomic E-state index is 0.107. The second-order valence-corrected chi connectivity index (χ2v) is 8.02. The van der Waals surface area contributed by atoms with E-state index in [2.05, 4.69) is 19.7 Å². The van der Waals surface area contributed by atoms with Gasteiger partial charge in [0.1, 0.15) is 17.4 Å². The van der Waals surface area contributed by atoms with Crippen molar-refractivity contribution in [1.29, 1.82) is 0 Å². The van der Waals surface area contributed by atoms with Crippen molar-refractivity contribution in [1.82, 2.24) is 19.7 Å². The molecular formula is C20H26N4O2. The average molecular weight is 354 g/mol. The van der Waals surface area contributed by atoms with E-state index in [0.29, 0.717) is 11.8 Å². The summed E-state index contributed by atoms with van der Waals surface area (Å²) in [5, 5.41) is 8.99. The first-order valence-corrected chi connectivity index (χ1v) is 10.1. The van der Waals surface area contributed by atoms with Gasteiger partial charge in [0.15, 0.2) is 0 Å². The second-order valence-electron chi connectivity index (χ2n) is 8.02. The van der Waals surface area contributed by atoms with Crippen LogP contribution < -0.4 is 0 Å². The van der Waals surface area contributed by atoms with Crippen LogP contribution in [-0.2, 0) is 17.8 Å². The summed E-state index contributed by atoms with van der Waals surface area (Å²) in [6, 6.07) is 3.89. The number of likely N-dealkylation sites (tertiary alicyclic amines) is 1. The number of carbonyl (C=O) groups is 1. The lowest BCUT2D eigenvalue weighted by atomic mass is 9.96. The summed E-state index contributed by atoms with van der Waals surface area (Å²) in [5.74, 6) is 4.22. The van der Waals surface area contributed by atoms with Crippen molar-refractivity contribution in [3.8, 4) is 0 Å². The number of hydrogen-bond acceptors (Lipinski definition) is 4. The van der Waals surface area contributed by atoms with E-state index < -0.39 is 0 Å². The van der Waals surface area contributed by atoms with Gasteiger partial charge < -0.3 is 13.9 Å². The second kappa shape index (κ2) is 6.56. The SMILES string of the molecule is O=C(C1CC1c1ccco1)N1CCCC(c2nnc3n2CCCCC3)C1. The van der Waals surface area contributed by atoms with Crippen LogP contribution in [0.25, 0.3) is 0 Å². The summed E-state index contributed by atoms with van der Waals surface area (Å²) in [4.78, 5) is 15.0. The Kier molecular flexibility index (Phi) is 4.06. The fourth-order valence-corrected chi connectivity index (χ4v) is 4.72. The minimum Gasteiger partial charge on any atom is -0.469 e. The van der Waals surface area contributed by atoms with Crippen LogP contribution in [0.2, 0.25) is 0 Å². The van der Waals surface area contributed by atoms with Crippen LogP contribution in [0.15, 0.2) is 22.8 Å². The standard InChI is InChI=1S/C20H26N4O2/c25-20(16-12-15(16)17-7-5-11-26-17)23-9-4-6-14(13-23)19-22-21-18-8-2-1-3-10-24(18)19/h5,7,11,14-16H,1-4,6,8-10,12-13H2. The summed E-state index contributed by atoms with van der Waals surface area (Å²) >= 11 is 0. The molecule has 0 N–H and O–H groups in total. The number of fused-ring (bicyclic) bond motifs is 1. The molecule has 3 atom stereocenters. The lowest BCUT2D eigenvalue weighted by Crippen LogP contribution is -2.40. The Bertz CT molecular complexity index is 782. The first-order valence-electron chi connectivity index (χ1n) is 10.1. The van der Waals surface area contributed by atoms with Crippen molar-refractivity contribution in [3.05, 3.63) is 35.8 Å². The van der Waals surface area contributed by atoms with E-state index in [1.54, 1.807) is 6.26 Å². The van der Waals surface area contributed by atoms with Gasteiger partial charge in [0.25, 0.3) is 0 Å². The first-order chi connectivity index (χ1) is 12.8. The van der Waals surface area contributed by atoms with Crippen LogP contribution in [0.4, 0.5) is 0 Å². The van der Waals surface area contributed by atoms with E-state index >= 15 is 0 Å². The number of hydrogen-bond donors (Lipinski definition) is 0. The Hall–Kier alpha value is -2.11. The zero-order chi connectivity index (χ0) is 17.5. The first kappa shape index (κ1) is 16.1. The normalized spacial score (nSPS) is 28.5. The van der Waals surface area contributed by atoms with Crippen molar-refractivity contribution in [2.45, 2.75) is 63.3 Å². The lowest BCUT2D eigenvalue weighted by Gasteiger charge is -2.32. The molecule has 0 aromatic carbocycles. The average Bonchev–Trinajstić information content (AvgIpc) is 3.19. The van der Waals surface area contributed by atoms with Crippen LogP contribution in [0.3, 0.4) is 0 Å². The van der Waals surface area contributed by atoms with E-state index in [9.17, 15) is 4.79 Å². The highest BCUT2D eigenvalue weighted by Gasteiger charge is 2.48. The van der Waals surface area contributed by atoms with E-state index in [4.69, 9.17) is 4.42 Å². The fraction of sp³-hybridized carbons (Fsp3) is 0.650. The van der Waals surface area contributed by atoms with Gasteiger partial charge in [-0.25, -0.2) is 0 Å². The molecule has 1 saturated heterocycles. The molecule has 5 rings (SSSR count). The largest absolute Gasteiger partial charge is 0.469 e. The summed E-state index contributed by atoms with van der Waals surface area (Å²) in [7, 11) is 0. The van der Waals surface area contributed by atoms with Crippen LogP contribution in [0, 0.1) is 5.92 Å². The molecule has 1 saturated carbocycles. The molecule has 0 spiro atoms. The molecule has 2 fully saturated rings. The van der Waals surface area contributed by atoms with Gasteiger partial charge in [-0.3, -0.25) is 4.79 Å². The molecule has 1 aliphatic carbocycles. The molecule has 138 valence electrons. The Morgan fingerprint density at radius 1 is 1.15 bits per heavy atom. The third-order valence-electron chi connectivity index (χ3n) is 6.25. The maximum atomic E-state index is 13.0. The molecule has 1 amide bonds. The predicted molar refractivity (Wildman–Crippen MR) is 95.7 cm³/mol. The van der Waals surface area contributed by atoms with Gasteiger partial charge in [0.05, 0.1) is 6.26 Å². The molecule has 6 heteroatoms. The maximum Gasteiger partial charge on any atom is 0.226 e. The molecule has 2 aliphatic heterocycles. The van der Waals surface area contributed by atoms with Crippen LogP contribution in [0.1, 0.15) is 67.8 Å². The van der Waals surface area contributed by atoms with Crippen molar-refractivity contribution in [2.75, 3.05) is 13.1 Å². The molecule has 26 heavy (non-hydrogen) atoms. The van der Waals surface area contributed by atoms with Gasteiger partial charge in [0.2, 0.25) is 5.91 Å². The van der Waals surface area contributed by atoms with Crippen LogP contribution in [-0.4, -0.2) is 38.7 Å². The minimum atomic E-state index is 0.107. The highest BCUT2D eigenvalue weighted by molar-refractivity contribution is 5.83. The Morgan fingerprint density at radius 2 is 2.12 bits per heavy atom. The number of piperidine rings is 1. The monoisotopic (exact) mass is 354 g/mol. The molecule has 3 aliphatic rings. The van der Waals surface area contributed by atoms with Crippen molar-refractivity contribution in [3.63, 3.8) is 0 Å². The topological polar surface area (TPSA) is 64.2 Å². The van der Waals surface area contributed by atoms with Crippen molar-refractivity contribution in [2.24, 2.45) is 5.92 Å². The summed E-state index contributed by atoms with van der Waals surface area (Å²) in [6.07, 6.45) is 9.51. The maximum absolute atomic E-state index is 13.0. The third-order valence-corrected chi connectivity index (χ3v) is 6.25. The Labute approximate surface area is 153 Å². The molecule has 6 nitrogen and oxygen atoms in total. The van der Waals surface area contributed by atoms with Crippen molar-refractivity contribution < 1.29 is 9.21 Å². The van der Waals surface area contributed by atoms with E-state index in [1.807, 2.05) is 12.1 Å². The number of amides is 1. The van der Waals surface area contributed by atoms with Gasteiger partial charge in [-0.2, -0.15) is 0 Å². The van der Waals surface area contributed by atoms with Gasteiger partial charge in [-0.1, -0.05) is 6.42 Å². The Morgan fingerprint density at radius 3 is 3.00 bits per heavy atom. The quantitative estimate of drug-likeness (QED) is 0.849. The number of aromatic nitrogens is 3. The number of nitrogens with zero attached hydrogens (tertiary/aromatic N) is 4.